The number of hydrogen-bond donors (Lipinski definition) is 3. The fourth-order valence-corrected chi connectivity index (χ4v) is 4.19. The molecule has 3 rings (SSSR count). The van der Waals surface area contributed by atoms with Gasteiger partial charge in [0.2, 0.25) is 0 Å². The largest absolute Gasteiger partial charge is 0.497 e. The predicted octanol–water partition coefficient (Wildman–Crippen LogP) is 2.70. The second-order valence-electron chi connectivity index (χ2n) is 8.44. The molecule has 30 heavy (non-hydrogen) atoms. The molecular formula is C23H35N5O2. The van der Waals surface area contributed by atoms with Crippen molar-refractivity contribution in [2.75, 3.05) is 26.7 Å². The molecule has 0 radical (unpaired) electrons. The number of guanidine groups is 1. The summed E-state index contributed by atoms with van der Waals surface area (Å²) in [5, 5.41) is 21.9. The minimum absolute atomic E-state index is 0.0661. The van der Waals surface area contributed by atoms with E-state index in [1.54, 1.807) is 24.9 Å². The SMILES string of the molecule is CCNC(=NCC(C)(O)c1cnn(C)c1)NCC1(c2cccc(OC)c2)CCCC1. The number of benzene rings is 1. The number of nitrogens with one attached hydrogen (secondary N) is 2. The molecule has 1 heterocycles. The van der Waals surface area contributed by atoms with Gasteiger partial charge in [0.25, 0.3) is 0 Å². The first-order valence-corrected chi connectivity index (χ1v) is 10.8. The number of aliphatic hydroxyl groups is 1. The van der Waals surface area contributed by atoms with Gasteiger partial charge in [0.1, 0.15) is 11.4 Å². The van der Waals surface area contributed by atoms with Crippen LogP contribution in [0.2, 0.25) is 0 Å². The van der Waals surface area contributed by atoms with Gasteiger partial charge in [-0.25, -0.2) is 4.99 Å². The Morgan fingerprint density at radius 1 is 1.33 bits per heavy atom. The molecule has 0 aliphatic heterocycles. The van der Waals surface area contributed by atoms with Gasteiger partial charge in [-0.05, 0) is 44.4 Å². The van der Waals surface area contributed by atoms with E-state index in [4.69, 9.17) is 4.74 Å². The van der Waals surface area contributed by atoms with Gasteiger partial charge in [-0.2, -0.15) is 5.10 Å². The third kappa shape index (κ3) is 5.14. The molecule has 0 spiro atoms. The average molecular weight is 414 g/mol. The first-order chi connectivity index (χ1) is 14.4. The molecule has 1 aromatic carbocycles. The van der Waals surface area contributed by atoms with Gasteiger partial charge in [0, 0.05) is 37.3 Å². The van der Waals surface area contributed by atoms with Crippen LogP contribution in [0.3, 0.4) is 0 Å². The lowest BCUT2D eigenvalue weighted by Crippen LogP contribution is -2.45. The van der Waals surface area contributed by atoms with Crippen molar-refractivity contribution < 1.29 is 9.84 Å². The molecule has 1 aliphatic rings. The van der Waals surface area contributed by atoms with Crippen LogP contribution in [0.15, 0.2) is 41.7 Å². The molecule has 1 atom stereocenters. The van der Waals surface area contributed by atoms with Crippen molar-refractivity contribution in [2.45, 2.75) is 50.5 Å². The van der Waals surface area contributed by atoms with Crippen LogP contribution in [-0.2, 0) is 18.1 Å². The van der Waals surface area contributed by atoms with Crippen molar-refractivity contribution in [1.29, 1.82) is 0 Å². The third-order valence-electron chi connectivity index (χ3n) is 6.05. The van der Waals surface area contributed by atoms with Crippen molar-refractivity contribution >= 4 is 5.96 Å². The minimum atomic E-state index is -1.07. The molecule has 1 unspecified atom stereocenters. The number of ether oxygens (including phenoxy) is 1. The molecule has 0 bridgehead atoms. The Bertz CT molecular complexity index is 853. The van der Waals surface area contributed by atoms with E-state index in [1.165, 1.54) is 18.4 Å². The highest BCUT2D eigenvalue weighted by Crippen LogP contribution is 2.41. The number of methoxy groups -OCH3 is 1. The molecule has 7 nitrogen and oxygen atoms in total. The summed E-state index contributed by atoms with van der Waals surface area (Å²) in [5.41, 5.74) is 1.06. The molecular weight excluding hydrogens is 378 g/mol. The molecule has 1 fully saturated rings. The Labute approximate surface area is 179 Å². The summed E-state index contributed by atoms with van der Waals surface area (Å²) in [6.45, 7) is 5.61. The summed E-state index contributed by atoms with van der Waals surface area (Å²) in [7, 11) is 3.55. The molecule has 0 amide bonds. The van der Waals surface area contributed by atoms with Crippen molar-refractivity contribution in [1.82, 2.24) is 20.4 Å². The summed E-state index contributed by atoms with van der Waals surface area (Å²) in [5.74, 6) is 1.61. The predicted molar refractivity (Wildman–Crippen MR) is 120 cm³/mol. The number of rotatable bonds is 8. The average Bonchev–Trinajstić information content (AvgIpc) is 3.40. The zero-order valence-corrected chi connectivity index (χ0v) is 18.6. The zero-order chi connectivity index (χ0) is 21.6. The number of hydrogen-bond acceptors (Lipinski definition) is 4. The van der Waals surface area contributed by atoms with E-state index in [9.17, 15) is 5.11 Å². The first-order valence-electron chi connectivity index (χ1n) is 10.8. The van der Waals surface area contributed by atoms with E-state index in [2.05, 4.69) is 38.9 Å². The van der Waals surface area contributed by atoms with E-state index < -0.39 is 5.60 Å². The van der Waals surface area contributed by atoms with Crippen molar-refractivity contribution in [3.8, 4) is 5.75 Å². The van der Waals surface area contributed by atoms with E-state index in [0.29, 0.717) is 0 Å². The molecule has 2 aromatic rings. The summed E-state index contributed by atoms with van der Waals surface area (Å²) < 4.78 is 7.14. The van der Waals surface area contributed by atoms with Gasteiger partial charge in [-0.1, -0.05) is 25.0 Å². The molecule has 0 saturated heterocycles. The molecule has 7 heteroatoms. The summed E-state index contributed by atoms with van der Waals surface area (Å²) in [4.78, 5) is 4.67. The smallest absolute Gasteiger partial charge is 0.191 e. The fourth-order valence-electron chi connectivity index (χ4n) is 4.19. The van der Waals surface area contributed by atoms with Gasteiger partial charge in [0.05, 0.1) is 19.9 Å². The van der Waals surface area contributed by atoms with Crippen LogP contribution in [0.25, 0.3) is 0 Å². The van der Waals surface area contributed by atoms with E-state index in [-0.39, 0.29) is 12.0 Å². The zero-order valence-electron chi connectivity index (χ0n) is 18.6. The molecule has 3 N–H and O–H groups in total. The lowest BCUT2D eigenvalue weighted by atomic mass is 9.78. The monoisotopic (exact) mass is 413 g/mol. The van der Waals surface area contributed by atoms with Crippen LogP contribution in [0.1, 0.15) is 50.7 Å². The summed E-state index contributed by atoms with van der Waals surface area (Å²) >= 11 is 0. The number of nitrogens with zero attached hydrogens (tertiary/aromatic N) is 3. The van der Waals surface area contributed by atoms with Crippen LogP contribution < -0.4 is 15.4 Å². The third-order valence-corrected chi connectivity index (χ3v) is 6.05. The lowest BCUT2D eigenvalue weighted by Gasteiger charge is -2.31. The maximum atomic E-state index is 10.9. The van der Waals surface area contributed by atoms with Crippen LogP contribution in [0.4, 0.5) is 0 Å². The van der Waals surface area contributed by atoms with Gasteiger partial charge >= 0.3 is 0 Å². The Hall–Kier alpha value is -2.54. The van der Waals surface area contributed by atoms with E-state index in [1.807, 2.05) is 26.2 Å². The van der Waals surface area contributed by atoms with Gasteiger partial charge in [0.15, 0.2) is 5.96 Å². The topological polar surface area (TPSA) is 83.7 Å². The number of aliphatic imine (C=N–C) groups is 1. The first kappa shape index (κ1) is 22.2. The standard InChI is InChI=1S/C23H35N5O2/c1-5-24-21(25-16-22(2,29)19-14-27-28(3)15-19)26-17-23(11-6-7-12-23)18-9-8-10-20(13-18)30-4/h8-10,13-15,29H,5-7,11-12,16-17H2,1-4H3,(H2,24,25,26). The maximum Gasteiger partial charge on any atom is 0.191 e. The number of aromatic nitrogens is 2. The fraction of sp³-hybridized carbons (Fsp3) is 0.565. The van der Waals surface area contributed by atoms with Crippen LogP contribution >= 0.6 is 0 Å². The lowest BCUT2D eigenvalue weighted by molar-refractivity contribution is 0.0671. The summed E-state index contributed by atoms with van der Waals surface area (Å²) in [6.07, 6.45) is 8.24. The molecule has 1 aromatic heterocycles. The van der Waals surface area contributed by atoms with Gasteiger partial charge in [-0.3, -0.25) is 4.68 Å². The van der Waals surface area contributed by atoms with E-state index in [0.717, 1.165) is 43.2 Å². The minimum Gasteiger partial charge on any atom is -0.497 e. The molecule has 1 saturated carbocycles. The summed E-state index contributed by atoms with van der Waals surface area (Å²) in [6, 6.07) is 8.42. The van der Waals surface area contributed by atoms with Crippen LogP contribution in [0, 0.1) is 0 Å². The quantitative estimate of drug-likeness (QED) is 0.458. The Kier molecular flexibility index (Phi) is 7.02. The van der Waals surface area contributed by atoms with Crippen molar-refractivity contribution in [2.24, 2.45) is 12.0 Å². The Morgan fingerprint density at radius 3 is 2.73 bits per heavy atom. The van der Waals surface area contributed by atoms with Gasteiger partial charge < -0.3 is 20.5 Å². The Morgan fingerprint density at radius 2 is 2.10 bits per heavy atom. The van der Waals surface area contributed by atoms with Gasteiger partial charge in [-0.15, -0.1) is 0 Å². The van der Waals surface area contributed by atoms with Crippen molar-refractivity contribution in [3.05, 3.63) is 47.8 Å². The van der Waals surface area contributed by atoms with Crippen LogP contribution in [0.5, 0.6) is 5.75 Å². The van der Waals surface area contributed by atoms with Crippen LogP contribution in [-0.4, -0.2) is 47.6 Å². The highest BCUT2D eigenvalue weighted by atomic mass is 16.5. The highest BCUT2D eigenvalue weighted by Gasteiger charge is 2.36. The molecule has 1 aliphatic carbocycles. The maximum absolute atomic E-state index is 10.9. The van der Waals surface area contributed by atoms with E-state index >= 15 is 0 Å². The van der Waals surface area contributed by atoms with Crippen molar-refractivity contribution in [3.63, 3.8) is 0 Å². The second kappa shape index (κ2) is 9.51. The highest BCUT2D eigenvalue weighted by molar-refractivity contribution is 5.80. The second-order valence-corrected chi connectivity index (χ2v) is 8.44. The normalized spacial score (nSPS) is 18.1. The Balaban J connectivity index is 1.74. The molecule has 164 valence electrons. The number of aryl methyl sites for hydroxylation is 1.